The molecule has 0 aliphatic heterocycles. The molecule has 2 N–H and O–H groups in total. The molecule has 1 saturated carbocycles. The van der Waals surface area contributed by atoms with Gasteiger partial charge in [0.25, 0.3) is 0 Å². The number of rotatable bonds is 9. The molecule has 0 aromatic carbocycles. The summed E-state index contributed by atoms with van der Waals surface area (Å²) in [5.74, 6) is 0.884. The van der Waals surface area contributed by atoms with E-state index in [9.17, 15) is 4.79 Å². The van der Waals surface area contributed by atoms with Gasteiger partial charge in [0.15, 0.2) is 0 Å². The summed E-state index contributed by atoms with van der Waals surface area (Å²) in [6.07, 6.45) is 5.79. The Morgan fingerprint density at radius 1 is 1.50 bits per heavy atom. The van der Waals surface area contributed by atoms with E-state index in [4.69, 9.17) is 9.84 Å². The molecule has 0 saturated heterocycles. The van der Waals surface area contributed by atoms with Crippen molar-refractivity contribution in [2.75, 3.05) is 25.5 Å². The highest BCUT2D eigenvalue weighted by Crippen LogP contribution is 2.36. The maximum Gasteiger partial charge on any atom is 0.326 e. The molecule has 2 unspecified atom stereocenters. The van der Waals surface area contributed by atoms with E-state index in [0.29, 0.717) is 11.9 Å². The van der Waals surface area contributed by atoms with Crippen LogP contribution in [-0.4, -0.2) is 47.4 Å². The molecule has 4 nitrogen and oxygen atoms in total. The van der Waals surface area contributed by atoms with Crippen LogP contribution in [-0.2, 0) is 9.53 Å². The molecule has 0 heterocycles. The number of carbonyl (C=O) groups is 1. The lowest BCUT2D eigenvalue weighted by atomic mass is 9.81. The van der Waals surface area contributed by atoms with Crippen LogP contribution in [0.15, 0.2) is 0 Å². The topological polar surface area (TPSA) is 58.6 Å². The Hall–Kier alpha value is -0.260. The van der Waals surface area contributed by atoms with Gasteiger partial charge in [-0.25, -0.2) is 0 Å². The molecule has 5 heteroatoms. The minimum atomic E-state index is -0.485. The van der Waals surface area contributed by atoms with Gasteiger partial charge in [0, 0.05) is 11.9 Å². The minimum absolute atomic E-state index is 0.0825. The third kappa shape index (κ3) is 5.26. The van der Waals surface area contributed by atoms with Crippen LogP contribution in [0.1, 0.15) is 52.4 Å². The first-order valence-corrected chi connectivity index (χ1v) is 8.88. The smallest absolute Gasteiger partial charge is 0.326 e. The standard InChI is InChI=1S/C15H29NO3S/c1-3-9-16-15(14(18)19-4-2)8-5-7-13(12-15)20-11-6-10-17/h13,16-17H,3-12H2,1-2H3. The molecule has 0 aromatic heterocycles. The van der Waals surface area contributed by atoms with Crippen LogP contribution in [0.5, 0.6) is 0 Å². The van der Waals surface area contributed by atoms with Crippen molar-refractivity contribution in [2.45, 2.75) is 63.2 Å². The van der Waals surface area contributed by atoms with Crippen LogP contribution < -0.4 is 5.32 Å². The molecule has 20 heavy (non-hydrogen) atoms. The largest absolute Gasteiger partial charge is 0.465 e. The van der Waals surface area contributed by atoms with E-state index in [1.54, 1.807) is 0 Å². The lowest BCUT2D eigenvalue weighted by Crippen LogP contribution is -2.56. The van der Waals surface area contributed by atoms with Crippen molar-refractivity contribution in [2.24, 2.45) is 0 Å². The maximum atomic E-state index is 12.4. The van der Waals surface area contributed by atoms with Crippen molar-refractivity contribution in [3.8, 4) is 0 Å². The number of esters is 1. The van der Waals surface area contributed by atoms with E-state index in [2.05, 4.69) is 12.2 Å². The molecule has 1 aliphatic rings. The van der Waals surface area contributed by atoms with E-state index in [1.807, 2.05) is 18.7 Å². The molecule has 0 bridgehead atoms. The van der Waals surface area contributed by atoms with Gasteiger partial charge in [0.1, 0.15) is 5.54 Å². The summed E-state index contributed by atoms with van der Waals surface area (Å²) in [4.78, 5) is 12.4. The zero-order valence-electron chi connectivity index (χ0n) is 12.8. The monoisotopic (exact) mass is 303 g/mol. The Morgan fingerprint density at radius 3 is 2.95 bits per heavy atom. The van der Waals surface area contributed by atoms with E-state index in [1.165, 1.54) is 0 Å². The number of carbonyl (C=O) groups excluding carboxylic acids is 1. The number of aliphatic hydroxyl groups is 1. The average molecular weight is 303 g/mol. The highest BCUT2D eigenvalue weighted by molar-refractivity contribution is 7.99. The Kier molecular flexibility index (Phi) is 8.57. The Bertz CT molecular complexity index is 288. The number of thioether (sulfide) groups is 1. The van der Waals surface area contributed by atoms with Crippen LogP contribution in [0.25, 0.3) is 0 Å². The van der Waals surface area contributed by atoms with Crippen LogP contribution in [0, 0.1) is 0 Å². The molecule has 118 valence electrons. The van der Waals surface area contributed by atoms with Crippen molar-refractivity contribution >= 4 is 17.7 Å². The van der Waals surface area contributed by atoms with Gasteiger partial charge in [-0.3, -0.25) is 4.79 Å². The third-order valence-electron chi connectivity index (χ3n) is 3.74. The number of nitrogens with one attached hydrogen (secondary N) is 1. The summed E-state index contributed by atoms with van der Waals surface area (Å²) in [6.45, 7) is 5.52. The molecular formula is C15H29NO3S. The number of aliphatic hydroxyl groups excluding tert-OH is 1. The zero-order valence-corrected chi connectivity index (χ0v) is 13.6. The van der Waals surface area contributed by atoms with Crippen molar-refractivity contribution in [3.05, 3.63) is 0 Å². The minimum Gasteiger partial charge on any atom is -0.465 e. The molecule has 0 radical (unpaired) electrons. The van der Waals surface area contributed by atoms with Gasteiger partial charge in [-0.15, -0.1) is 0 Å². The van der Waals surface area contributed by atoms with Gasteiger partial charge in [0.05, 0.1) is 6.61 Å². The van der Waals surface area contributed by atoms with Crippen molar-refractivity contribution in [3.63, 3.8) is 0 Å². The number of hydrogen-bond acceptors (Lipinski definition) is 5. The van der Waals surface area contributed by atoms with Gasteiger partial charge in [-0.05, 0) is 57.7 Å². The van der Waals surface area contributed by atoms with Gasteiger partial charge >= 0.3 is 5.97 Å². The van der Waals surface area contributed by atoms with E-state index >= 15 is 0 Å². The fourth-order valence-corrected chi connectivity index (χ4v) is 4.10. The van der Waals surface area contributed by atoms with Gasteiger partial charge in [-0.2, -0.15) is 11.8 Å². The molecular weight excluding hydrogens is 274 g/mol. The van der Waals surface area contributed by atoms with Crippen molar-refractivity contribution < 1.29 is 14.6 Å². The highest BCUT2D eigenvalue weighted by Gasteiger charge is 2.43. The van der Waals surface area contributed by atoms with Crippen LogP contribution in [0.2, 0.25) is 0 Å². The summed E-state index contributed by atoms with van der Waals surface area (Å²) in [6, 6.07) is 0. The molecule has 1 rings (SSSR count). The fraction of sp³-hybridized carbons (Fsp3) is 0.933. The second kappa shape index (κ2) is 9.64. The summed E-state index contributed by atoms with van der Waals surface area (Å²) in [7, 11) is 0. The zero-order chi connectivity index (χ0) is 14.8. The Balaban J connectivity index is 2.63. The first kappa shape index (κ1) is 17.8. The molecule has 0 amide bonds. The van der Waals surface area contributed by atoms with Crippen LogP contribution >= 0.6 is 11.8 Å². The maximum absolute atomic E-state index is 12.4. The molecule has 1 fully saturated rings. The summed E-state index contributed by atoms with van der Waals surface area (Å²) in [5, 5.41) is 12.8. The first-order chi connectivity index (χ1) is 9.68. The molecule has 1 aliphatic carbocycles. The van der Waals surface area contributed by atoms with Crippen LogP contribution in [0.4, 0.5) is 0 Å². The predicted octanol–water partition coefficient (Wildman–Crippen LogP) is 2.35. The van der Waals surface area contributed by atoms with E-state index < -0.39 is 5.54 Å². The summed E-state index contributed by atoms with van der Waals surface area (Å²) in [5.41, 5.74) is -0.485. The van der Waals surface area contributed by atoms with E-state index in [-0.39, 0.29) is 12.6 Å². The highest BCUT2D eigenvalue weighted by atomic mass is 32.2. The molecule has 0 aromatic rings. The van der Waals surface area contributed by atoms with Crippen molar-refractivity contribution in [1.82, 2.24) is 5.32 Å². The third-order valence-corrected chi connectivity index (χ3v) is 5.14. The first-order valence-electron chi connectivity index (χ1n) is 7.83. The normalized spacial score (nSPS) is 26.4. The Morgan fingerprint density at radius 2 is 2.30 bits per heavy atom. The fourth-order valence-electron chi connectivity index (χ4n) is 2.73. The molecule has 0 spiro atoms. The number of hydrogen-bond donors (Lipinski definition) is 2. The SMILES string of the molecule is CCCNC1(C(=O)OCC)CCCC(SCCCO)C1. The summed E-state index contributed by atoms with van der Waals surface area (Å²) >= 11 is 1.89. The van der Waals surface area contributed by atoms with Gasteiger partial charge < -0.3 is 15.2 Å². The van der Waals surface area contributed by atoms with Crippen LogP contribution in [0.3, 0.4) is 0 Å². The number of ether oxygens (including phenoxy) is 1. The van der Waals surface area contributed by atoms with E-state index in [0.717, 1.165) is 50.8 Å². The van der Waals surface area contributed by atoms with Crippen molar-refractivity contribution in [1.29, 1.82) is 0 Å². The quantitative estimate of drug-likeness (QED) is 0.506. The predicted molar refractivity (Wildman–Crippen MR) is 84.1 cm³/mol. The van der Waals surface area contributed by atoms with Gasteiger partial charge in [-0.1, -0.05) is 6.92 Å². The second-order valence-electron chi connectivity index (χ2n) is 5.40. The second-order valence-corrected chi connectivity index (χ2v) is 6.80. The molecule has 2 atom stereocenters. The summed E-state index contributed by atoms with van der Waals surface area (Å²) < 4.78 is 5.31. The lowest BCUT2D eigenvalue weighted by Gasteiger charge is -2.39. The van der Waals surface area contributed by atoms with Gasteiger partial charge in [0.2, 0.25) is 0 Å². The lowest BCUT2D eigenvalue weighted by molar-refractivity contribution is -0.152. The average Bonchev–Trinajstić information content (AvgIpc) is 2.46. The Labute approximate surface area is 127 Å².